The van der Waals surface area contributed by atoms with E-state index in [2.05, 4.69) is 0 Å². The van der Waals surface area contributed by atoms with Crippen molar-refractivity contribution in [1.29, 1.82) is 0 Å². The largest absolute Gasteiger partial charge is 0.341 e. The van der Waals surface area contributed by atoms with Gasteiger partial charge in [-0.25, -0.2) is 0 Å². The van der Waals surface area contributed by atoms with Crippen LogP contribution >= 0.6 is 0 Å². The summed E-state index contributed by atoms with van der Waals surface area (Å²) in [6.07, 6.45) is 6.78. The number of nitrogens with two attached hydrogens (primary N) is 1. The first-order valence-corrected chi connectivity index (χ1v) is 6.05. The van der Waals surface area contributed by atoms with Gasteiger partial charge in [-0.2, -0.15) is 0 Å². The molecule has 0 aromatic heterocycles. The van der Waals surface area contributed by atoms with Gasteiger partial charge in [-0.15, -0.1) is 0 Å². The number of hydrogen-bond donors (Lipinski definition) is 1. The number of nitrogens with zero attached hydrogens (tertiary/aromatic N) is 1. The van der Waals surface area contributed by atoms with Crippen molar-refractivity contribution in [3.8, 4) is 0 Å². The molecule has 0 spiro atoms. The van der Waals surface area contributed by atoms with E-state index in [-0.39, 0.29) is 5.91 Å². The van der Waals surface area contributed by atoms with Crippen LogP contribution in [0.1, 0.15) is 52.4 Å². The lowest BCUT2D eigenvalue weighted by atomic mass is 9.92. The average molecular weight is 212 g/mol. The number of hydrogen-bond acceptors (Lipinski definition) is 2. The Hall–Kier alpha value is -0.570. The van der Waals surface area contributed by atoms with Gasteiger partial charge in [-0.1, -0.05) is 26.2 Å². The van der Waals surface area contributed by atoms with Crippen LogP contribution in [0, 0.1) is 0 Å². The van der Waals surface area contributed by atoms with E-state index < -0.39 is 5.54 Å². The Morgan fingerprint density at radius 1 is 1.40 bits per heavy atom. The maximum atomic E-state index is 12.1. The van der Waals surface area contributed by atoms with E-state index in [9.17, 15) is 4.79 Å². The molecule has 3 nitrogen and oxygen atoms in total. The number of carbonyl (C=O) groups is 1. The highest BCUT2D eigenvalue weighted by Gasteiger charge is 2.32. The molecule has 0 saturated heterocycles. The van der Waals surface area contributed by atoms with Crippen LogP contribution < -0.4 is 5.73 Å². The van der Waals surface area contributed by atoms with Crippen LogP contribution in [0.3, 0.4) is 0 Å². The summed E-state index contributed by atoms with van der Waals surface area (Å²) in [5, 5.41) is 0. The van der Waals surface area contributed by atoms with Crippen molar-refractivity contribution in [3.05, 3.63) is 0 Å². The van der Waals surface area contributed by atoms with Gasteiger partial charge in [0.25, 0.3) is 0 Å². The number of carbonyl (C=O) groups excluding carboxylic acids is 1. The second-order valence-corrected chi connectivity index (χ2v) is 4.98. The third-order valence-corrected chi connectivity index (χ3v) is 3.67. The van der Waals surface area contributed by atoms with E-state index >= 15 is 0 Å². The van der Waals surface area contributed by atoms with Crippen LogP contribution in [-0.2, 0) is 4.79 Å². The summed E-state index contributed by atoms with van der Waals surface area (Å²) >= 11 is 0. The van der Waals surface area contributed by atoms with Gasteiger partial charge in [0.1, 0.15) is 0 Å². The van der Waals surface area contributed by atoms with E-state index in [0.29, 0.717) is 12.5 Å². The van der Waals surface area contributed by atoms with Crippen molar-refractivity contribution in [2.45, 2.75) is 64.0 Å². The summed E-state index contributed by atoms with van der Waals surface area (Å²) in [4.78, 5) is 14.0. The Labute approximate surface area is 93.0 Å². The minimum absolute atomic E-state index is 0.0944. The van der Waals surface area contributed by atoms with Gasteiger partial charge in [0.2, 0.25) is 5.91 Å². The highest BCUT2D eigenvalue weighted by molar-refractivity contribution is 5.85. The molecule has 1 aliphatic carbocycles. The van der Waals surface area contributed by atoms with Crippen LogP contribution in [0.25, 0.3) is 0 Å². The molecule has 1 atom stereocenters. The number of rotatable bonds is 3. The van der Waals surface area contributed by atoms with E-state index in [1.54, 1.807) is 0 Å². The molecule has 0 aromatic carbocycles. The van der Waals surface area contributed by atoms with Crippen molar-refractivity contribution in [2.75, 3.05) is 7.05 Å². The molecule has 1 rings (SSSR count). The molecule has 88 valence electrons. The fourth-order valence-electron chi connectivity index (χ4n) is 2.19. The predicted octanol–water partition coefficient (Wildman–Crippen LogP) is 1.90. The third kappa shape index (κ3) is 2.94. The van der Waals surface area contributed by atoms with Crippen molar-refractivity contribution < 1.29 is 4.79 Å². The first-order chi connectivity index (χ1) is 6.99. The molecule has 1 aliphatic rings. The molecular weight excluding hydrogens is 188 g/mol. The zero-order valence-electron chi connectivity index (χ0n) is 10.3. The molecule has 0 radical (unpaired) electrons. The Morgan fingerprint density at radius 2 is 1.93 bits per heavy atom. The number of likely N-dealkylation sites (N-methyl/N-ethyl adjacent to an activating group) is 1. The first kappa shape index (κ1) is 12.5. The van der Waals surface area contributed by atoms with Crippen LogP contribution in [0.2, 0.25) is 0 Å². The number of amides is 1. The molecule has 1 fully saturated rings. The minimum Gasteiger partial charge on any atom is -0.341 e. The summed E-state index contributed by atoms with van der Waals surface area (Å²) in [5.74, 6) is 0.0944. The Morgan fingerprint density at radius 3 is 2.40 bits per heavy atom. The van der Waals surface area contributed by atoms with Gasteiger partial charge < -0.3 is 10.6 Å². The topological polar surface area (TPSA) is 46.3 Å². The maximum absolute atomic E-state index is 12.1. The van der Waals surface area contributed by atoms with Gasteiger partial charge in [0.05, 0.1) is 5.54 Å². The molecule has 0 heterocycles. The molecule has 1 unspecified atom stereocenters. The molecule has 0 bridgehead atoms. The zero-order valence-corrected chi connectivity index (χ0v) is 10.3. The highest BCUT2D eigenvalue weighted by Crippen LogP contribution is 2.23. The standard InChI is InChI=1S/C12H24N2O/c1-4-12(2,13)11(15)14(3)10-8-6-5-7-9-10/h10H,4-9,13H2,1-3H3. The monoisotopic (exact) mass is 212 g/mol. The molecule has 2 N–H and O–H groups in total. The Bertz CT molecular complexity index is 220. The van der Waals surface area contributed by atoms with E-state index in [4.69, 9.17) is 5.73 Å². The SMILES string of the molecule is CCC(C)(N)C(=O)N(C)C1CCCCC1. The smallest absolute Gasteiger partial charge is 0.242 e. The van der Waals surface area contributed by atoms with Crippen molar-refractivity contribution in [1.82, 2.24) is 4.90 Å². The van der Waals surface area contributed by atoms with Crippen molar-refractivity contribution in [2.24, 2.45) is 5.73 Å². The van der Waals surface area contributed by atoms with Gasteiger partial charge in [0, 0.05) is 13.1 Å². The zero-order chi connectivity index (χ0) is 11.5. The molecule has 0 aromatic rings. The lowest BCUT2D eigenvalue weighted by Gasteiger charge is -2.36. The molecule has 1 amide bonds. The molecule has 15 heavy (non-hydrogen) atoms. The van der Waals surface area contributed by atoms with Gasteiger partial charge in [-0.05, 0) is 26.2 Å². The molecule has 0 aliphatic heterocycles. The van der Waals surface area contributed by atoms with E-state index in [1.807, 2.05) is 25.8 Å². The third-order valence-electron chi connectivity index (χ3n) is 3.67. The average Bonchev–Trinajstić information content (AvgIpc) is 2.28. The minimum atomic E-state index is -0.688. The van der Waals surface area contributed by atoms with Gasteiger partial charge >= 0.3 is 0 Å². The fourth-order valence-corrected chi connectivity index (χ4v) is 2.19. The van der Waals surface area contributed by atoms with Crippen LogP contribution in [0.5, 0.6) is 0 Å². The second kappa shape index (κ2) is 4.97. The molecule has 1 saturated carbocycles. The van der Waals surface area contributed by atoms with Crippen LogP contribution in [0.15, 0.2) is 0 Å². The molecule has 3 heteroatoms. The summed E-state index contributed by atoms with van der Waals surface area (Å²) in [6, 6.07) is 0.417. The lowest BCUT2D eigenvalue weighted by Crippen LogP contribution is -2.54. The van der Waals surface area contributed by atoms with E-state index in [1.165, 1.54) is 19.3 Å². The van der Waals surface area contributed by atoms with Crippen LogP contribution in [-0.4, -0.2) is 29.4 Å². The highest BCUT2D eigenvalue weighted by atomic mass is 16.2. The fraction of sp³-hybridized carbons (Fsp3) is 0.917. The van der Waals surface area contributed by atoms with Crippen LogP contribution in [0.4, 0.5) is 0 Å². The normalized spacial score (nSPS) is 22.1. The summed E-state index contributed by atoms with van der Waals surface area (Å²) < 4.78 is 0. The van der Waals surface area contributed by atoms with Gasteiger partial charge in [0.15, 0.2) is 0 Å². The predicted molar refractivity (Wildman–Crippen MR) is 62.5 cm³/mol. The van der Waals surface area contributed by atoms with E-state index in [0.717, 1.165) is 12.8 Å². The molecular formula is C12H24N2O. The summed E-state index contributed by atoms with van der Waals surface area (Å²) in [6.45, 7) is 3.79. The maximum Gasteiger partial charge on any atom is 0.242 e. The summed E-state index contributed by atoms with van der Waals surface area (Å²) in [5.41, 5.74) is 5.29. The second-order valence-electron chi connectivity index (χ2n) is 4.98. The summed E-state index contributed by atoms with van der Waals surface area (Å²) in [7, 11) is 1.90. The Balaban J connectivity index is 2.58. The van der Waals surface area contributed by atoms with Crippen molar-refractivity contribution in [3.63, 3.8) is 0 Å². The van der Waals surface area contributed by atoms with Crippen molar-refractivity contribution >= 4 is 5.91 Å². The lowest BCUT2D eigenvalue weighted by molar-refractivity contribution is -0.137. The van der Waals surface area contributed by atoms with Gasteiger partial charge in [-0.3, -0.25) is 4.79 Å². The first-order valence-electron chi connectivity index (χ1n) is 6.05. The quantitative estimate of drug-likeness (QED) is 0.776. The Kier molecular flexibility index (Phi) is 4.14.